The molecular weight excluding hydrogens is 238 g/mol. The maximum Gasteiger partial charge on any atom is 0.0629 e. The Morgan fingerprint density at radius 1 is 1.37 bits per heavy atom. The molecule has 19 heavy (non-hydrogen) atoms. The fraction of sp³-hybridized carbons (Fsp3) is 0.571. The topological polar surface area (TPSA) is 61.7 Å². The maximum absolute atomic E-state index is 5.89. The smallest absolute Gasteiger partial charge is 0.0629 e. The summed E-state index contributed by atoms with van der Waals surface area (Å²) < 4.78 is 3.91. The fourth-order valence-electron chi connectivity index (χ4n) is 2.41. The van der Waals surface area contributed by atoms with E-state index in [2.05, 4.69) is 34.9 Å². The zero-order chi connectivity index (χ0) is 14.0. The van der Waals surface area contributed by atoms with Crippen LogP contribution in [0.3, 0.4) is 0 Å². The standard InChI is InChI=1S/C14H23N5/c1-10(15)7-14-11(2)17-19(12(14)3)6-5-13-8-16-18(4)9-13/h8-10H,5-7,15H2,1-4H3. The number of rotatable bonds is 5. The Morgan fingerprint density at radius 2 is 2.11 bits per heavy atom. The van der Waals surface area contributed by atoms with Crippen LogP contribution >= 0.6 is 0 Å². The SMILES string of the molecule is Cc1nn(CCc2cnn(C)c2)c(C)c1CC(C)N. The molecule has 5 heteroatoms. The number of aryl methyl sites for hydroxylation is 4. The van der Waals surface area contributed by atoms with Gasteiger partial charge in [0.1, 0.15) is 0 Å². The zero-order valence-electron chi connectivity index (χ0n) is 12.2. The molecule has 0 aromatic carbocycles. The van der Waals surface area contributed by atoms with E-state index in [0.717, 1.165) is 25.1 Å². The minimum absolute atomic E-state index is 0.174. The van der Waals surface area contributed by atoms with Crippen molar-refractivity contribution < 1.29 is 0 Å². The Hall–Kier alpha value is -1.62. The Balaban J connectivity index is 2.08. The van der Waals surface area contributed by atoms with Crippen LogP contribution in [-0.4, -0.2) is 25.6 Å². The van der Waals surface area contributed by atoms with Gasteiger partial charge in [0.25, 0.3) is 0 Å². The van der Waals surface area contributed by atoms with Crippen LogP contribution < -0.4 is 5.73 Å². The van der Waals surface area contributed by atoms with Crippen molar-refractivity contribution in [2.24, 2.45) is 12.8 Å². The summed E-state index contributed by atoms with van der Waals surface area (Å²) in [5.74, 6) is 0. The summed E-state index contributed by atoms with van der Waals surface area (Å²) in [7, 11) is 1.94. The van der Waals surface area contributed by atoms with E-state index >= 15 is 0 Å². The van der Waals surface area contributed by atoms with Gasteiger partial charge in [-0.25, -0.2) is 0 Å². The summed E-state index contributed by atoms with van der Waals surface area (Å²) in [5.41, 5.74) is 10.8. The molecule has 1 atom stereocenters. The van der Waals surface area contributed by atoms with Crippen molar-refractivity contribution in [3.8, 4) is 0 Å². The highest BCUT2D eigenvalue weighted by Crippen LogP contribution is 2.15. The molecule has 0 radical (unpaired) electrons. The molecule has 2 N–H and O–H groups in total. The number of hydrogen-bond donors (Lipinski definition) is 1. The van der Waals surface area contributed by atoms with Crippen LogP contribution in [0.15, 0.2) is 12.4 Å². The van der Waals surface area contributed by atoms with E-state index in [1.807, 2.05) is 24.9 Å². The van der Waals surface area contributed by atoms with E-state index in [1.54, 1.807) is 0 Å². The molecule has 0 bridgehead atoms. The molecule has 2 aromatic heterocycles. The van der Waals surface area contributed by atoms with Gasteiger partial charge in [-0.3, -0.25) is 9.36 Å². The molecule has 2 heterocycles. The molecule has 1 unspecified atom stereocenters. The first-order valence-electron chi connectivity index (χ1n) is 6.73. The summed E-state index contributed by atoms with van der Waals surface area (Å²) >= 11 is 0. The van der Waals surface area contributed by atoms with Crippen molar-refractivity contribution in [3.63, 3.8) is 0 Å². The predicted molar refractivity (Wildman–Crippen MR) is 76.0 cm³/mol. The lowest BCUT2D eigenvalue weighted by Crippen LogP contribution is -2.18. The molecule has 0 saturated carbocycles. The minimum atomic E-state index is 0.174. The highest BCUT2D eigenvalue weighted by Gasteiger charge is 2.12. The second-order valence-electron chi connectivity index (χ2n) is 5.33. The average Bonchev–Trinajstić information content (AvgIpc) is 2.85. The van der Waals surface area contributed by atoms with Gasteiger partial charge in [-0.1, -0.05) is 0 Å². The molecule has 2 aromatic rings. The van der Waals surface area contributed by atoms with Crippen LogP contribution in [0.1, 0.15) is 29.4 Å². The van der Waals surface area contributed by atoms with Gasteiger partial charge < -0.3 is 5.73 Å². The van der Waals surface area contributed by atoms with E-state index in [-0.39, 0.29) is 6.04 Å². The molecule has 0 aliphatic rings. The van der Waals surface area contributed by atoms with Crippen molar-refractivity contribution in [3.05, 3.63) is 34.9 Å². The van der Waals surface area contributed by atoms with Crippen LogP contribution in [0.5, 0.6) is 0 Å². The zero-order valence-corrected chi connectivity index (χ0v) is 12.2. The third-order valence-electron chi connectivity index (χ3n) is 3.43. The molecule has 0 aliphatic heterocycles. The van der Waals surface area contributed by atoms with E-state index in [1.165, 1.54) is 16.8 Å². The predicted octanol–water partition coefficient (Wildman–Crippen LogP) is 1.37. The highest BCUT2D eigenvalue weighted by atomic mass is 15.3. The summed E-state index contributed by atoms with van der Waals surface area (Å²) in [6.07, 6.45) is 5.81. The first kappa shape index (κ1) is 13.8. The third kappa shape index (κ3) is 3.23. The molecule has 0 aliphatic carbocycles. The molecular formula is C14H23N5. The molecule has 2 rings (SSSR count). The van der Waals surface area contributed by atoms with Crippen molar-refractivity contribution in [2.75, 3.05) is 0 Å². The maximum atomic E-state index is 5.89. The van der Waals surface area contributed by atoms with Gasteiger partial charge in [0.2, 0.25) is 0 Å². The lowest BCUT2D eigenvalue weighted by molar-refractivity contribution is 0.592. The van der Waals surface area contributed by atoms with Gasteiger partial charge in [0, 0.05) is 31.5 Å². The van der Waals surface area contributed by atoms with Crippen molar-refractivity contribution >= 4 is 0 Å². The van der Waals surface area contributed by atoms with Gasteiger partial charge in [0.15, 0.2) is 0 Å². The number of nitrogens with two attached hydrogens (primary N) is 1. The van der Waals surface area contributed by atoms with Gasteiger partial charge in [0.05, 0.1) is 11.9 Å². The summed E-state index contributed by atoms with van der Waals surface area (Å²) in [6, 6.07) is 0.174. The van der Waals surface area contributed by atoms with Gasteiger partial charge >= 0.3 is 0 Å². The largest absolute Gasteiger partial charge is 0.328 e. The van der Waals surface area contributed by atoms with Crippen LogP contribution in [-0.2, 0) is 26.4 Å². The lowest BCUT2D eigenvalue weighted by atomic mass is 10.1. The quantitative estimate of drug-likeness (QED) is 0.884. The van der Waals surface area contributed by atoms with Crippen LogP contribution in [0, 0.1) is 13.8 Å². The molecule has 0 spiro atoms. The number of hydrogen-bond acceptors (Lipinski definition) is 3. The number of nitrogens with zero attached hydrogens (tertiary/aromatic N) is 4. The van der Waals surface area contributed by atoms with Crippen molar-refractivity contribution in [1.82, 2.24) is 19.6 Å². The summed E-state index contributed by atoms with van der Waals surface area (Å²) in [6.45, 7) is 7.11. The highest BCUT2D eigenvalue weighted by molar-refractivity contribution is 5.25. The second kappa shape index (κ2) is 5.57. The van der Waals surface area contributed by atoms with Gasteiger partial charge in [-0.2, -0.15) is 10.2 Å². The van der Waals surface area contributed by atoms with Crippen LogP contribution in [0.25, 0.3) is 0 Å². The Bertz CT molecular complexity index is 550. The lowest BCUT2D eigenvalue weighted by Gasteiger charge is -2.06. The Morgan fingerprint density at radius 3 is 2.68 bits per heavy atom. The van der Waals surface area contributed by atoms with E-state index in [9.17, 15) is 0 Å². The Labute approximate surface area is 114 Å². The van der Waals surface area contributed by atoms with E-state index < -0.39 is 0 Å². The first-order valence-corrected chi connectivity index (χ1v) is 6.73. The second-order valence-corrected chi connectivity index (χ2v) is 5.33. The van der Waals surface area contributed by atoms with Crippen LogP contribution in [0.4, 0.5) is 0 Å². The normalized spacial score (nSPS) is 12.9. The molecule has 0 fully saturated rings. The minimum Gasteiger partial charge on any atom is -0.328 e. The molecule has 5 nitrogen and oxygen atoms in total. The van der Waals surface area contributed by atoms with Gasteiger partial charge in [-0.15, -0.1) is 0 Å². The van der Waals surface area contributed by atoms with Crippen LogP contribution in [0.2, 0.25) is 0 Å². The molecule has 104 valence electrons. The van der Waals surface area contributed by atoms with Crippen molar-refractivity contribution in [2.45, 2.75) is 46.2 Å². The average molecular weight is 261 g/mol. The fourth-order valence-corrected chi connectivity index (χ4v) is 2.41. The van der Waals surface area contributed by atoms with E-state index in [4.69, 9.17) is 5.73 Å². The monoisotopic (exact) mass is 261 g/mol. The Kier molecular flexibility index (Phi) is 4.04. The summed E-state index contributed by atoms with van der Waals surface area (Å²) in [4.78, 5) is 0. The first-order chi connectivity index (χ1) is 8.97. The summed E-state index contributed by atoms with van der Waals surface area (Å²) in [5, 5.41) is 8.80. The molecule has 0 amide bonds. The van der Waals surface area contributed by atoms with Gasteiger partial charge in [-0.05, 0) is 44.7 Å². The van der Waals surface area contributed by atoms with E-state index in [0.29, 0.717) is 0 Å². The van der Waals surface area contributed by atoms with Crippen molar-refractivity contribution in [1.29, 1.82) is 0 Å². The number of aromatic nitrogens is 4. The molecule has 0 saturated heterocycles. The third-order valence-corrected chi connectivity index (χ3v) is 3.43.